The monoisotopic (exact) mass is 312 g/mol. The fourth-order valence-electron chi connectivity index (χ4n) is 0.921. The highest BCUT2D eigenvalue weighted by Gasteiger charge is 2.31. The Balaban J connectivity index is 3.21. The summed E-state index contributed by atoms with van der Waals surface area (Å²) in [7, 11) is 0. The van der Waals surface area contributed by atoms with Crippen LogP contribution in [0.5, 0.6) is 0 Å². The van der Waals surface area contributed by atoms with E-state index in [-0.39, 0.29) is 10.6 Å². The molecule has 84 valence electrons. The quantitative estimate of drug-likeness (QED) is 0.604. The molecule has 0 N–H and O–H groups in total. The van der Waals surface area contributed by atoms with Crippen LogP contribution in [0.1, 0.15) is 11.1 Å². The maximum atomic E-state index is 12.7. The van der Waals surface area contributed by atoms with Crippen LogP contribution in [0, 0.1) is 0 Å². The summed E-state index contributed by atoms with van der Waals surface area (Å²) in [5.74, 6) is 0. The van der Waals surface area contributed by atoms with Gasteiger partial charge in [-0.05, 0) is 17.7 Å². The molecule has 0 saturated heterocycles. The van der Waals surface area contributed by atoms with Gasteiger partial charge >= 0.3 is 5.38 Å². The lowest BCUT2D eigenvalue weighted by molar-refractivity contribution is 0.0951. The van der Waals surface area contributed by atoms with Gasteiger partial charge in [0, 0.05) is 16.1 Å². The van der Waals surface area contributed by atoms with Gasteiger partial charge in [-0.25, -0.2) is 0 Å². The van der Waals surface area contributed by atoms with Crippen LogP contribution in [0.4, 0.5) is 8.78 Å². The van der Waals surface area contributed by atoms with Crippen LogP contribution >= 0.6 is 58.0 Å². The molecule has 0 aliphatic carbocycles. The Kier molecular flexibility index (Phi) is 4.01. The average molecular weight is 314 g/mol. The maximum Gasteiger partial charge on any atom is 0.348 e. The largest absolute Gasteiger partial charge is 0.348 e. The van der Waals surface area contributed by atoms with E-state index in [0.717, 1.165) is 12.1 Å². The molecule has 1 aromatic carbocycles. The minimum absolute atomic E-state index is 0.0761. The van der Waals surface area contributed by atoms with Gasteiger partial charge in [0.15, 0.2) is 0 Å². The molecule has 0 bridgehead atoms. The van der Waals surface area contributed by atoms with E-state index in [9.17, 15) is 8.78 Å². The van der Waals surface area contributed by atoms with Crippen molar-refractivity contribution in [1.29, 1.82) is 0 Å². The number of hydrogen-bond donors (Lipinski definition) is 0. The van der Waals surface area contributed by atoms with E-state index in [2.05, 4.69) is 0 Å². The van der Waals surface area contributed by atoms with Crippen LogP contribution < -0.4 is 0 Å². The van der Waals surface area contributed by atoms with Crippen molar-refractivity contribution in [3.63, 3.8) is 0 Å². The Morgan fingerprint density at radius 3 is 1.87 bits per heavy atom. The van der Waals surface area contributed by atoms with Crippen molar-refractivity contribution in [3.05, 3.63) is 34.3 Å². The predicted octanol–water partition coefficient (Wildman–Crippen LogP) is 5.45. The first-order valence-electron chi connectivity index (χ1n) is 3.56. The standard InChI is InChI=1S/C8H3Cl5F2/c9-6-3-4(8(13,14)15)1-2-5(6)7(10,11)12/h1-3H. The molecule has 1 rings (SSSR count). The maximum absolute atomic E-state index is 12.7. The van der Waals surface area contributed by atoms with E-state index in [1.165, 1.54) is 6.07 Å². The molecule has 0 nitrogen and oxygen atoms in total. The zero-order chi connectivity index (χ0) is 11.9. The van der Waals surface area contributed by atoms with E-state index in [1.54, 1.807) is 0 Å². The molecule has 0 aromatic heterocycles. The Morgan fingerprint density at radius 1 is 1.00 bits per heavy atom. The topological polar surface area (TPSA) is 0 Å². The summed E-state index contributed by atoms with van der Waals surface area (Å²) < 4.78 is 23.6. The lowest BCUT2D eigenvalue weighted by Crippen LogP contribution is -2.06. The van der Waals surface area contributed by atoms with Gasteiger partial charge in [0.25, 0.3) is 0 Å². The first-order valence-corrected chi connectivity index (χ1v) is 5.45. The second-order valence-corrected chi connectivity index (χ2v) is 5.85. The van der Waals surface area contributed by atoms with Crippen molar-refractivity contribution in [2.75, 3.05) is 0 Å². The van der Waals surface area contributed by atoms with Crippen molar-refractivity contribution in [3.8, 4) is 0 Å². The fraction of sp³-hybridized carbons (Fsp3) is 0.250. The molecule has 0 aliphatic heterocycles. The zero-order valence-corrected chi connectivity index (χ0v) is 10.7. The van der Waals surface area contributed by atoms with Crippen molar-refractivity contribution < 1.29 is 8.78 Å². The molecule has 0 radical (unpaired) electrons. The normalized spacial score (nSPS) is 13.0. The van der Waals surface area contributed by atoms with E-state index in [4.69, 9.17) is 58.0 Å². The molecule has 0 atom stereocenters. The Morgan fingerprint density at radius 2 is 1.53 bits per heavy atom. The summed E-state index contributed by atoms with van der Waals surface area (Å²) in [6.45, 7) is 0. The molecular formula is C8H3Cl5F2. The first-order chi connectivity index (χ1) is 6.62. The average Bonchev–Trinajstić information content (AvgIpc) is 1.99. The fourth-order valence-corrected chi connectivity index (χ4v) is 2.00. The van der Waals surface area contributed by atoms with Crippen LogP contribution in [0.25, 0.3) is 0 Å². The van der Waals surface area contributed by atoms with Gasteiger partial charge in [0.1, 0.15) is 0 Å². The summed E-state index contributed by atoms with van der Waals surface area (Å²) >= 11 is 27.2. The number of benzene rings is 1. The molecule has 0 fully saturated rings. The summed E-state index contributed by atoms with van der Waals surface area (Å²) in [6.07, 6.45) is 0. The van der Waals surface area contributed by atoms with Crippen molar-refractivity contribution in [1.82, 2.24) is 0 Å². The summed E-state index contributed by atoms with van der Waals surface area (Å²) in [6, 6.07) is 3.21. The van der Waals surface area contributed by atoms with Gasteiger partial charge in [-0.15, -0.1) is 0 Å². The molecule has 0 spiro atoms. The third-order valence-corrected chi connectivity index (χ3v) is 2.74. The second-order valence-electron chi connectivity index (χ2n) is 2.69. The number of hydrogen-bond acceptors (Lipinski definition) is 0. The van der Waals surface area contributed by atoms with E-state index in [1.807, 2.05) is 0 Å². The number of rotatable bonds is 1. The van der Waals surface area contributed by atoms with Crippen LogP contribution in [-0.4, -0.2) is 0 Å². The smallest absolute Gasteiger partial charge is 0.183 e. The third kappa shape index (κ3) is 3.50. The molecule has 0 heterocycles. The minimum Gasteiger partial charge on any atom is -0.183 e. The van der Waals surface area contributed by atoms with Gasteiger partial charge in [-0.1, -0.05) is 58.5 Å². The lowest BCUT2D eigenvalue weighted by atomic mass is 10.1. The van der Waals surface area contributed by atoms with Gasteiger partial charge in [-0.3, -0.25) is 0 Å². The molecule has 0 unspecified atom stereocenters. The highest BCUT2D eigenvalue weighted by atomic mass is 35.6. The van der Waals surface area contributed by atoms with Crippen LogP contribution in [0.2, 0.25) is 5.02 Å². The van der Waals surface area contributed by atoms with Gasteiger partial charge in [-0.2, -0.15) is 8.78 Å². The number of alkyl halides is 6. The summed E-state index contributed by atoms with van der Waals surface area (Å²) in [5, 5.41) is -3.57. The lowest BCUT2D eigenvalue weighted by Gasteiger charge is -2.15. The molecule has 15 heavy (non-hydrogen) atoms. The SMILES string of the molecule is FC(F)(Cl)c1ccc(C(Cl)(Cl)Cl)c(Cl)c1. The van der Waals surface area contributed by atoms with Gasteiger partial charge in [0.2, 0.25) is 3.79 Å². The highest BCUT2D eigenvalue weighted by Crippen LogP contribution is 2.43. The highest BCUT2D eigenvalue weighted by molar-refractivity contribution is 6.67. The van der Waals surface area contributed by atoms with Crippen molar-refractivity contribution >= 4 is 58.0 Å². The van der Waals surface area contributed by atoms with Crippen molar-refractivity contribution in [2.24, 2.45) is 0 Å². The van der Waals surface area contributed by atoms with Crippen LogP contribution in [0.3, 0.4) is 0 Å². The molecule has 1 aromatic rings. The summed E-state index contributed by atoms with van der Waals surface area (Å²) in [4.78, 5) is 0. The zero-order valence-electron chi connectivity index (χ0n) is 6.88. The predicted molar refractivity (Wildman–Crippen MR) is 60.4 cm³/mol. The van der Waals surface area contributed by atoms with E-state index >= 15 is 0 Å². The molecule has 0 aliphatic rings. The Bertz CT molecular complexity index is 366. The molecule has 0 amide bonds. The first kappa shape index (κ1) is 13.6. The van der Waals surface area contributed by atoms with E-state index in [0.29, 0.717) is 0 Å². The summed E-state index contributed by atoms with van der Waals surface area (Å²) in [5.41, 5.74) is -0.328. The van der Waals surface area contributed by atoms with Gasteiger partial charge in [0.05, 0.1) is 0 Å². The molecule has 0 saturated carbocycles. The minimum atomic E-state index is -3.49. The molecular weight excluding hydrogens is 311 g/mol. The Labute approximate surface area is 110 Å². The molecule has 7 heteroatoms. The van der Waals surface area contributed by atoms with E-state index < -0.39 is 14.7 Å². The van der Waals surface area contributed by atoms with Gasteiger partial charge < -0.3 is 0 Å². The Hall–Kier alpha value is 0.530. The second kappa shape index (κ2) is 4.42. The van der Waals surface area contributed by atoms with Crippen LogP contribution in [-0.2, 0) is 9.17 Å². The number of halogens is 7. The van der Waals surface area contributed by atoms with Crippen molar-refractivity contribution in [2.45, 2.75) is 9.17 Å². The van der Waals surface area contributed by atoms with Crippen LogP contribution in [0.15, 0.2) is 18.2 Å². The third-order valence-electron chi connectivity index (χ3n) is 1.60.